The van der Waals surface area contributed by atoms with Crippen LogP contribution in [0.3, 0.4) is 0 Å². The Morgan fingerprint density at radius 2 is 2.17 bits per heavy atom. The maximum atomic E-state index is 11.2. The third-order valence-corrected chi connectivity index (χ3v) is 3.03. The van der Waals surface area contributed by atoms with Gasteiger partial charge in [-0.1, -0.05) is 4.98 Å². The number of imidazole rings is 1. The van der Waals surface area contributed by atoms with Crippen LogP contribution in [0.2, 0.25) is 0 Å². The number of carbonyl (C=O) groups is 1. The van der Waals surface area contributed by atoms with Crippen LogP contribution in [-0.2, 0) is 11.8 Å². The summed E-state index contributed by atoms with van der Waals surface area (Å²) in [6.07, 6.45) is 0.624. The van der Waals surface area contributed by atoms with E-state index in [9.17, 15) is 14.9 Å². The van der Waals surface area contributed by atoms with Crippen molar-refractivity contribution in [2.75, 3.05) is 12.4 Å². The largest absolute Gasteiger partial charge is 0.453 e. The standard InChI is InChI=1S/C11H10N8O4/c1-17-6(5-12-10(17)19(21)22)9-15-14-8-4-3-7(16-18(8)9)13-11(20)23-2/h3-5H,1-2H3,(H,13,16,20). The number of anilines is 1. The number of ether oxygens (including phenoxy) is 1. The number of hydrogen-bond donors (Lipinski definition) is 1. The zero-order chi connectivity index (χ0) is 16.6. The topological polar surface area (TPSA) is 142 Å². The van der Waals surface area contributed by atoms with Gasteiger partial charge in [-0.2, -0.15) is 4.52 Å². The Morgan fingerprint density at radius 1 is 1.39 bits per heavy atom. The van der Waals surface area contributed by atoms with E-state index in [1.54, 1.807) is 6.07 Å². The summed E-state index contributed by atoms with van der Waals surface area (Å²) >= 11 is 0. The lowest BCUT2D eigenvalue weighted by molar-refractivity contribution is -0.396. The quantitative estimate of drug-likeness (QED) is 0.546. The molecule has 1 amide bonds. The molecule has 1 N–H and O–H groups in total. The summed E-state index contributed by atoms with van der Waals surface area (Å²) in [4.78, 5) is 25.2. The summed E-state index contributed by atoms with van der Waals surface area (Å²) < 4.78 is 7.09. The van der Waals surface area contributed by atoms with Crippen LogP contribution in [0.5, 0.6) is 0 Å². The van der Waals surface area contributed by atoms with Gasteiger partial charge in [0, 0.05) is 0 Å². The molecular weight excluding hydrogens is 308 g/mol. The van der Waals surface area contributed by atoms with Crippen molar-refractivity contribution in [1.82, 2.24) is 29.4 Å². The summed E-state index contributed by atoms with van der Waals surface area (Å²) in [5.41, 5.74) is 0.756. The van der Waals surface area contributed by atoms with Gasteiger partial charge in [-0.3, -0.25) is 5.32 Å². The fourth-order valence-corrected chi connectivity index (χ4v) is 1.95. The average molecular weight is 318 g/mol. The van der Waals surface area contributed by atoms with Crippen molar-refractivity contribution < 1.29 is 14.5 Å². The number of methoxy groups -OCH3 is 1. The Labute approximate surface area is 127 Å². The van der Waals surface area contributed by atoms with Crippen LogP contribution in [0, 0.1) is 10.1 Å². The lowest BCUT2D eigenvalue weighted by Gasteiger charge is -2.03. The highest BCUT2D eigenvalue weighted by Crippen LogP contribution is 2.21. The third-order valence-electron chi connectivity index (χ3n) is 3.03. The molecule has 0 spiro atoms. The fraction of sp³-hybridized carbons (Fsp3) is 0.182. The number of rotatable bonds is 3. The highest BCUT2D eigenvalue weighted by Gasteiger charge is 2.23. The van der Waals surface area contributed by atoms with Gasteiger partial charge in [0.25, 0.3) is 0 Å². The molecule has 0 saturated heterocycles. The van der Waals surface area contributed by atoms with Crippen molar-refractivity contribution in [3.8, 4) is 11.5 Å². The van der Waals surface area contributed by atoms with Crippen LogP contribution >= 0.6 is 0 Å². The molecule has 12 nitrogen and oxygen atoms in total. The Hall–Kier alpha value is -3.57. The number of nitro groups is 1. The second kappa shape index (κ2) is 5.32. The predicted molar refractivity (Wildman–Crippen MR) is 75.7 cm³/mol. The summed E-state index contributed by atoms with van der Waals surface area (Å²) in [6, 6.07) is 3.11. The van der Waals surface area contributed by atoms with E-state index in [1.165, 1.54) is 35.5 Å². The smallest absolute Gasteiger partial charge is 0.434 e. The van der Waals surface area contributed by atoms with Crippen molar-refractivity contribution >= 4 is 23.5 Å². The van der Waals surface area contributed by atoms with Crippen LogP contribution in [0.25, 0.3) is 17.2 Å². The average Bonchev–Trinajstić information content (AvgIpc) is 3.10. The van der Waals surface area contributed by atoms with Crippen LogP contribution in [0.4, 0.5) is 16.6 Å². The number of carbonyl (C=O) groups excluding carboxylic acids is 1. The lowest BCUT2D eigenvalue weighted by Crippen LogP contribution is -2.13. The molecule has 3 aromatic rings. The maximum Gasteiger partial charge on any atom is 0.434 e. The van der Waals surface area contributed by atoms with E-state index < -0.39 is 11.0 Å². The van der Waals surface area contributed by atoms with Crippen LogP contribution in [0.1, 0.15) is 0 Å². The molecule has 118 valence electrons. The maximum absolute atomic E-state index is 11.2. The minimum atomic E-state index is -0.678. The van der Waals surface area contributed by atoms with Crippen LogP contribution in [0.15, 0.2) is 18.3 Å². The first-order valence-electron chi connectivity index (χ1n) is 6.25. The van der Waals surface area contributed by atoms with Gasteiger partial charge >= 0.3 is 12.0 Å². The van der Waals surface area contributed by atoms with Gasteiger partial charge in [0.15, 0.2) is 17.2 Å². The zero-order valence-corrected chi connectivity index (χ0v) is 12.0. The summed E-state index contributed by atoms with van der Waals surface area (Å²) in [7, 11) is 2.71. The molecule has 0 bridgehead atoms. The Bertz CT molecular complexity index is 914. The Kier molecular flexibility index (Phi) is 3.33. The number of aromatic nitrogens is 6. The van der Waals surface area contributed by atoms with E-state index in [4.69, 9.17) is 0 Å². The molecule has 3 rings (SSSR count). The van der Waals surface area contributed by atoms with E-state index in [0.717, 1.165) is 0 Å². The lowest BCUT2D eigenvalue weighted by atomic mass is 10.4. The molecule has 0 fully saturated rings. The van der Waals surface area contributed by atoms with E-state index in [-0.39, 0.29) is 17.6 Å². The van der Waals surface area contributed by atoms with Gasteiger partial charge in [-0.15, -0.1) is 15.3 Å². The number of nitrogens with zero attached hydrogens (tertiary/aromatic N) is 7. The SMILES string of the molecule is COC(=O)Nc1ccc2nnc(-c3cnc([N+](=O)[O-])n3C)n2n1. The molecule has 0 saturated carbocycles. The van der Waals surface area contributed by atoms with Crippen molar-refractivity contribution in [2.24, 2.45) is 7.05 Å². The molecule has 3 heterocycles. The van der Waals surface area contributed by atoms with Gasteiger partial charge in [-0.25, -0.2) is 9.36 Å². The van der Waals surface area contributed by atoms with Crippen LogP contribution < -0.4 is 5.32 Å². The number of fused-ring (bicyclic) bond motifs is 1. The van der Waals surface area contributed by atoms with Crippen LogP contribution in [-0.4, -0.2) is 47.5 Å². The third kappa shape index (κ3) is 2.41. The van der Waals surface area contributed by atoms with E-state index in [0.29, 0.717) is 11.3 Å². The molecule has 0 unspecified atom stereocenters. The monoisotopic (exact) mass is 318 g/mol. The van der Waals surface area contributed by atoms with Gasteiger partial charge in [-0.05, 0) is 17.1 Å². The van der Waals surface area contributed by atoms with Gasteiger partial charge in [0.1, 0.15) is 6.20 Å². The Balaban J connectivity index is 2.09. The highest BCUT2D eigenvalue weighted by atomic mass is 16.6. The van der Waals surface area contributed by atoms with Gasteiger partial charge < -0.3 is 14.9 Å². The molecule has 23 heavy (non-hydrogen) atoms. The molecule has 0 aliphatic heterocycles. The highest BCUT2D eigenvalue weighted by molar-refractivity contribution is 5.83. The van der Waals surface area contributed by atoms with E-state index in [2.05, 4.69) is 30.3 Å². The molecule has 0 aliphatic rings. The van der Waals surface area contributed by atoms with E-state index >= 15 is 0 Å². The zero-order valence-electron chi connectivity index (χ0n) is 12.0. The second-order valence-corrected chi connectivity index (χ2v) is 4.39. The van der Waals surface area contributed by atoms with Crippen molar-refractivity contribution in [3.63, 3.8) is 0 Å². The van der Waals surface area contributed by atoms with Crippen molar-refractivity contribution in [1.29, 1.82) is 0 Å². The Morgan fingerprint density at radius 3 is 2.83 bits per heavy atom. The molecule has 3 aromatic heterocycles. The molecular formula is C11H10N8O4. The number of nitrogens with one attached hydrogen (secondary N) is 1. The molecule has 0 aliphatic carbocycles. The fourth-order valence-electron chi connectivity index (χ4n) is 1.95. The number of hydrogen-bond acceptors (Lipinski definition) is 8. The minimum Gasteiger partial charge on any atom is -0.453 e. The van der Waals surface area contributed by atoms with Gasteiger partial charge in [0.05, 0.1) is 14.2 Å². The first kappa shape index (κ1) is 14.4. The molecule has 0 radical (unpaired) electrons. The first-order valence-corrected chi connectivity index (χ1v) is 6.25. The van der Waals surface area contributed by atoms with Crippen molar-refractivity contribution in [3.05, 3.63) is 28.4 Å². The van der Waals surface area contributed by atoms with Gasteiger partial charge in [0.2, 0.25) is 5.82 Å². The van der Waals surface area contributed by atoms with Crippen molar-refractivity contribution in [2.45, 2.75) is 0 Å². The molecule has 12 heteroatoms. The summed E-state index contributed by atoms with van der Waals surface area (Å²) in [5.74, 6) is 0.124. The number of amides is 1. The summed E-state index contributed by atoms with van der Waals surface area (Å²) in [5, 5.41) is 25.3. The first-order chi connectivity index (χ1) is 11.0. The summed E-state index contributed by atoms with van der Waals surface area (Å²) in [6.45, 7) is 0. The molecule has 0 atom stereocenters. The normalized spacial score (nSPS) is 10.7. The molecule has 0 aromatic carbocycles. The van der Waals surface area contributed by atoms with E-state index in [1.807, 2.05) is 0 Å². The predicted octanol–water partition coefficient (Wildman–Crippen LogP) is 0.611. The second-order valence-electron chi connectivity index (χ2n) is 4.39. The minimum absolute atomic E-state index is 0.210.